The third-order valence-corrected chi connectivity index (χ3v) is 5.52. The van der Waals surface area contributed by atoms with Crippen molar-refractivity contribution in [3.63, 3.8) is 0 Å². The fraction of sp³-hybridized carbons (Fsp3) is 0.381. The average Bonchev–Trinajstić information content (AvgIpc) is 2.69. The normalized spacial score (nSPS) is 12.2. The zero-order valence-corrected chi connectivity index (χ0v) is 17.4. The first-order valence-corrected chi connectivity index (χ1v) is 11.3. The highest BCUT2D eigenvalue weighted by Crippen LogP contribution is 2.22. The van der Waals surface area contributed by atoms with Gasteiger partial charge in [0.15, 0.2) is 0 Å². The minimum Gasteiger partial charge on any atom is -0.492 e. The van der Waals surface area contributed by atoms with Crippen molar-refractivity contribution < 1.29 is 17.9 Å². The van der Waals surface area contributed by atoms with Gasteiger partial charge in [0.1, 0.15) is 18.4 Å². The Bertz CT molecular complexity index is 852. The minimum absolute atomic E-state index is 0.289. The fourth-order valence-corrected chi connectivity index (χ4v) is 4.13. The molecule has 1 amide bonds. The lowest BCUT2D eigenvalue weighted by Gasteiger charge is -2.30. The molecule has 0 saturated heterocycles. The third-order valence-electron chi connectivity index (χ3n) is 4.34. The van der Waals surface area contributed by atoms with E-state index in [-0.39, 0.29) is 12.5 Å². The molecule has 0 heterocycles. The lowest BCUT2D eigenvalue weighted by atomic mass is 10.2. The summed E-state index contributed by atoms with van der Waals surface area (Å²) in [6.45, 7) is 4.47. The molecule has 0 aliphatic heterocycles. The molecule has 0 unspecified atom stereocenters. The molecule has 2 rings (SSSR count). The van der Waals surface area contributed by atoms with Crippen molar-refractivity contribution >= 4 is 21.6 Å². The number of hydrogen-bond donors (Lipinski definition) is 1. The molecule has 7 heteroatoms. The number of rotatable bonds is 10. The van der Waals surface area contributed by atoms with Crippen LogP contribution in [0.4, 0.5) is 5.69 Å². The number of anilines is 1. The van der Waals surface area contributed by atoms with Crippen molar-refractivity contribution in [2.75, 3.05) is 23.7 Å². The van der Waals surface area contributed by atoms with Gasteiger partial charge in [0.05, 0.1) is 18.5 Å². The molecule has 28 heavy (non-hydrogen) atoms. The number of para-hydroxylation sites is 1. The van der Waals surface area contributed by atoms with Crippen LogP contribution in [-0.2, 0) is 21.2 Å². The SMILES string of the molecule is CCc1ccc(OCCNC(=O)[C@@H](CC)N(c2ccccc2)S(C)(=O)=O)cc1. The molecule has 1 atom stereocenters. The van der Waals surface area contributed by atoms with Gasteiger partial charge in [0.25, 0.3) is 0 Å². The van der Waals surface area contributed by atoms with Gasteiger partial charge >= 0.3 is 0 Å². The van der Waals surface area contributed by atoms with Crippen LogP contribution in [0.15, 0.2) is 54.6 Å². The monoisotopic (exact) mass is 404 g/mol. The molecule has 0 aromatic heterocycles. The highest BCUT2D eigenvalue weighted by atomic mass is 32.2. The van der Waals surface area contributed by atoms with Gasteiger partial charge in [-0.15, -0.1) is 0 Å². The van der Waals surface area contributed by atoms with Gasteiger partial charge in [0, 0.05) is 0 Å². The Hall–Kier alpha value is -2.54. The first-order valence-electron chi connectivity index (χ1n) is 9.40. The van der Waals surface area contributed by atoms with E-state index < -0.39 is 16.1 Å². The molecule has 0 spiro atoms. The summed E-state index contributed by atoms with van der Waals surface area (Å²) < 4.78 is 31.5. The molecule has 6 nitrogen and oxygen atoms in total. The van der Waals surface area contributed by atoms with Gasteiger partial charge in [0.2, 0.25) is 15.9 Å². The standard InChI is InChI=1S/C21H28N2O4S/c1-4-17-11-13-19(14-12-17)27-16-15-22-21(24)20(5-2)23(28(3,25)26)18-9-7-6-8-10-18/h6-14,20H,4-5,15-16H2,1-3H3,(H,22,24)/t20-/m1/s1. The highest BCUT2D eigenvalue weighted by molar-refractivity contribution is 7.92. The highest BCUT2D eigenvalue weighted by Gasteiger charge is 2.31. The number of sulfonamides is 1. The lowest BCUT2D eigenvalue weighted by molar-refractivity contribution is -0.122. The fourth-order valence-electron chi connectivity index (χ4n) is 2.92. The number of benzene rings is 2. The van der Waals surface area contributed by atoms with Crippen molar-refractivity contribution in [3.05, 3.63) is 60.2 Å². The van der Waals surface area contributed by atoms with Crippen LogP contribution in [0.2, 0.25) is 0 Å². The van der Waals surface area contributed by atoms with Crippen LogP contribution >= 0.6 is 0 Å². The number of hydrogen-bond acceptors (Lipinski definition) is 4. The molecule has 0 bridgehead atoms. The Labute approximate surface area is 167 Å². The second-order valence-corrected chi connectivity index (χ2v) is 8.31. The zero-order chi connectivity index (χ0) is 20.6. The molecule has 1 N–H and O–H groups in total. The Balaban J connectivity index is 1.97. The van der Waals surface area contributed by atoms with Crippen molar-refractivity contribution in [1.29, 1.82) is 0 Å². The summed E-state index contributed by atoms with van der Waals surface area (Å²) >= 11 is 0. The molecule has 2 aromatic rings. The molecule has 0 aliphatic carbocycles. The van der Waals surface area contributed by atoms with Crippen LogP contribution in [0.5, 0.6) is 5.75 Å². The van der Waals surface area contributed by atoms with Crippen LogP contribution < -0.4 is 14.4 Å². The summed E-state index contributed by atoms with van der Waals surface area (Å²) in [6.07, 6.45) is 2.43. The molecule has 0 radical (unpaired) electrons. The molecule has 0 aliphatic rings. The van der Waals surface area contributed by atoms with E-state index in [2.05, 4.69) is 12.2 Å². The number of carbonyl (C=O) groups excluding carboxylic acids is 1. The Morgan fingerprint density at radius 2 is 1.71 bits per heavy atom. The Morgan fingerprint density at radius 1 is 1.07 bits per heavy atom. The number of aryl methyl sites for hydroxylation is 1. The molecule has 0 saturated carbocycles. The molecular weight excluding hydrogens is 376 g/mol. The number of carbonyl (C=O) groups is 1. The summed E-state index contributed by atoms with van der Waals surface area (Å²) in [5.74, 6) is 0.391. The average molecular weight is 405 g/mol. The predicted octanol–water partition coefficient (Wildman–Crippen LogP) is 2.99. The second kappa shape index (κ2) is 10.1. The lowest BCUT2D eigenvalue weighted by Crippen LogP contribution is -2.49. The molecule has 2 aromatic carbocycles. The van der Waals surface area contributed by atoms with Gasteiger partial charge in [-0.2, -0.15) is 0 Å². The molecule has 152 valence electrons. The Kier molecular flexibility index (Phi) is 7.87. The van der Waals surface area contributed by atoms with E-state index in [1.807, 2.05) is 24.3 Å². The van der Waals surface area contributed by atoms with Gasteiger partial charge in [-0.25, -0.2) is 8.42 Å². The summed E-state index contributed by atoms with van der Waals surface area (Å²) in [5.41, 5.74) is 1.70. The topological polar surface area (TPSA) is 75.7 Å². The van der Waals surface area contributed by atoms with Gasteiger partial charge in [-0.3, -0.25) is 9.10 Å². The zero-order valence-electron chi connectivity index (χ0n) is 16.6. The molecule has 0 fully saturated rings. The van der Waals surface area contributed by atoms with E-state index in [1.165, 1.54) is 9.87 Å². The van der Waals surface area contributed by atoms with E-state index in [4.69, 9.17) is 4.74 Å². The quantitative estimate of drug-likeness (QED) is 0.618. The minimum atomic E-state index is -3.61. The summed E-state index contributed by atoms with van der Waals surface area (Å²) in [6, 6.07) is 15.6. The maximum Gasteiger partial charge on any atom is 0.244 e. The van der Waals surface area contributed by atoms with Crippen LogP contribution in [0, 0.1) is 0 Å². The van der Waals surface area contributed by atoms with Crippen molar-refractivity contribution in [3.8, 4) is 5.75 Å². The Morgan fingerprint density at radius 3 is 2.25 bits per heavy atom. The van der Waals surface area contributed by atoms with E-state index in [1.54, 1.807) is 37.3 Å². The van der Waals surface area contributed by atoms with E-state index in [9.17, 15) is 13.2 Å². The van der Waals surface area contributed by atoms with Crippen LogP contribution in [-0.4, -0.2) is 39.8 Å². The van der Waals surface area contributed by atoms with E-state index in [0.717, 1.165) is 18.4 Å². The molecular formula is C21H28N2O4S. The summed E-state index contributed by atoms with van der Waals surface area (Å²) in [4.78, 5) is 12.7. The number of ether oxygens (including phenoxy) is 1. The van der Waals surface area contributed by atoms with Crippen LogP contribution in [0.25, 0.3) is 0 Å². The van der Waals surface area contributed by atoms with Crippen LogP contribution in [0.1, 0.15) is 25.8 Å². The van der Waals surface area contributed by atoms with Gasteiger partial charge in [-0.1, -0.05) is 44.2 Å². The largest absolute Gasteiger partial charge is 0.492 e. The predicted molar refractivity (Wildman–Crippen MR) is 112 cm³/mol. The van der Waals surface area contributed by atoms with Gasteiger partial charge in [-0.05, 0) is 42.7 Å². The van der Waals surface area contributed by atoms with Crippen molar-refractivity contribution in [2.24, 2.45) is 0 Å². The summed E-state index contributed by atoms with van der Waals surface area (Å²) in [7, 11) is -3.61. The maximum absolute atomic E-state index is 12.7. The van der Waals surface area contributed by atoms with Crippen LogP contribution in [0.3, 0.4) is 0 Å². The van der Waals surface area contributed by atoms with Crippen molar-refractivity contribution in [1.82, 2.24) is 5.32 Å². The number of nitrogens with one attached hydrogen (secondary N) is 1. The first-order chi connectivity index (χ1) is 13.4. The van der Waals surface area contributed by atoms with Gasteiger partial charge < -0.3 is 10.1 Å². The van der Waals surface area contributed by atoms with E-state index in [0.29, 0.717) is 18.7 Å². The van der Waals surface area contributed by atoms with E-state index >= 15 is 0 Å². The third kappa shape index (κ3) is 5.99. The smallest absolute Gasteiger partial charge is 0.244 e. The number of nitrogens with zero attached hydrogens (tertiary/aromatic N) is 1. The second-order valence-electron chi connectivity index (χ2n) is 6.46. The first kappa shape index (κ1) is 21.8. The van der Waals surface area contributed by atoms with Crippen molar-refractivity contribution in [2.45, 2.75) is 32.7 Å². The maximum atomic E-state index is 12.7. The number of amides is 1. The summed E-state index contributed by atoms with van der Waals surface area (Å²) in [5, 5.41) is 2.78.